The molecule has 1 aromatic heterocycles. The number of methoxy groups -OCH3 is 1. The predicted molar refractivity (Wildman–Crippen MR) is 105 cm³/mol. The number of nitrogens with zero attached hydrogens (tertiary/aromatic N) is 1. The first-order valence-corrected chi connectivity index (χ1v) is 8.80. The van der Waals surface area contributed by atoms with Gasteiger partial charge in [0.05, 0.1) is 29.4 Å². The van der Waals surface area contributed by atoms with Crippen molar-refractivity contribution in [2.24, 2.45) is 0 Å². The van der Waals surface area contributed by atoms with Gasteiger partial charge in [-0.3, -0.25) is 14.9 Å². The minimum absolute atomic E-state index is 0.000160. The molecule has 0 aliphatic rings. The van der Waals surface area contributed by atoms with Crippen molar-refractivity contribution in [3.8, 4) is 5.75 Å². The number of benzene rings is 2. The van der Waals surface area contributed by atoms with E-state index in [1.807, 2.05) is 13.0 Å². The van der Waals surface area contributed by atoms with Gasteiger partial charge in [0.1, 0.15) is 17.9 Å². The lowest BCUT2D eigenvalue weighted by Crippen LogP contribution is -2.16. The van der Waals surface area contributed by atoms with Crippen LogP contribution in [0.3, 0.4) is 0 Å². The summed E-state index contributed by atoms with van der Waals surface area (Å²) in [4.78, 5) is 34.3. The van der Waals surface area contributed by atoms with Gasteiger partial charge in [-0.1, -0.05) is 0 Å². The third-order valence-electron chi connectivity index (χ3n) is 4.58. The van der Waals surface area contributed by atoms with Crippen molar-refractivity contribution in [2.45, 2.75) is 26.9 Å². The maximum Gasteiger partial charge on any atom is 0.340 e. The molecule has 0 bridgehead atoms. The number of hydrogen-bond donors (Lipinski definition) is 0. The van der Waals surface area contributed by atoms with Crippen molar-refractivity contribution in [3.63, 3.8) is 0 Å². The fourth-order valence-electron chi connectivity index (χ4n) is 3.05. The van der Waals surface area contributed by atoms with E-state index in [1.54, 1.807) is 25.1 Å². The summed E-state index contributed by atoms with van der Waals surface area (Å²) in [5.41, 5.74) is 2.15. The van der Waals surface area contributed by atoms with Crippen molar-refractivity contribution in [1.29, 1.82) is 0 Å². The van der Waals surface area contributed by atoms with E-state index in [2.05, 4.69) is 4.74 Å². The second-order valence-electron chi connectivity index (χ2n) is 6.59. The lowest BCUT2D eigenvalue weighted by molar-refractivity contribution is -0.384. The van der Waals surface area contributed by atoms with Gasteiger partial charge in [0.25, 0.3) is 5.69 Å². The Kier molecular flexibility index (Phi) is 5.63. The highest BCUT2D eigenvalue weighted by Crippen LogP contribution is 2.32. The molecule has 3 aromatic rings. The Morgan fingerprint density at radius 2 is 1.86 bits per heavy atom. The van der Waals surface area contributed by atoms with Gasteiger partial charge >= 0.3 is 11.6 Å². The van der Waals surface area contributed by atoms with Crippen LogP contribution in [-0.4, -0.2) is 18.0 Å². The molecule has 0 N–H and O–H groups in total. The quantitative estimate of drug-likeness (QED) is 0.270. The Hall–Kier alpha value is -3.68. The van der Waals surface area contributed by atoms with Crippen molar-refractivity contribution in [2.75, 3.05) is 7.11 Å². The maximum atomic E-state index is 12.3. The van der Waals surface area contributed by atoms with E-state index < -0.39 is 16.5 Å². The second-order valence-corrected chi connectivity index (χ2v) is 6.59. The summed E-state index contributed by atoms with van der Waals surface area (Å²) in [6, 6.07) is 9.59. The molecule has 0 aliphatic carbocycles. The van der Waals surface area contributed by atoms with Crippen LogP contribution >= 0.6 is 0 Å². The number of rotatable bonds is 6. The molecule has 2 aromatic carbocycles. The van der Waals surface area contributed by atoms with Crippen molar-refractivity contribution < 1.29 is 23.6 Å². The molecule has 29 heavy (non-hydrogen) atoms. The number of nitro groups is 1. The minimum atomic E-state index is -0.590. The van der Waals surface area contributed by atoms with Gasteiger partial charge in [0.2, 0.25) is 0 Å². The Morgan fingerprint density at radius 3 is 2.48 bits per heavy atom. The highest BCUT2D eigenvalue weighted by Gasteiger charge is 2.18. The van der Waals surface area contributed by atoms with Crippen LogP contribution in [-0.2, 0) is 22.6 Å². The highest BCUT2D eigenvalue weighted by molar-refractivity contribution is 5.89. The molecule has 8 nitrogen and oxygen atoms in total. The molecular weight excluding hydrogens is 378 g/mol. The minimum Gasteiger partial charge on any atom is -0.488 e. The number of aryl methyl sites for hydroxylation is 2. The van der Waals surface area contributed by atoms with Crippen LogP contribution in [0.5, 0.6) is 5.75 Å². The molecule has 0 fully saturated rings. The number of fused-ring (bicyclic) bond motifs is 1. The average molecular weight is 397 g/mol. The molecule has 0 radical (unpaired) electrons. The van der Waals surface area contributed by atoms with Crippen LogP contribution in [0.1, 0.15) is 22.3 Å². The first kappa shape index (κ1) is 20.1. The van der Waals surface area contributed by atoms with Crippen LogP contribution in [0.15, 0.2) is 45.6 Å². The van der Waals surface area contributed by atoms with E-state index >= 15 is 0 Å². The van der Waals surface area contributed by atoms with Crippen LogP contribution in [0, 0.1) is 24.0 Å². The number of hydrogen-bond acceptors (Lipinski definition) is 7. The van der Waals surface area contributed by atoms with E-state index in [0.717, 1.165) is 11.1 Å². The van der Waals surface area contributed by atoms with E-state index in [1.165, 1.54) is 19.2 Å². The second kappa shape index (κ2) is 8.14. The molecule has 0 spiro atoms. The first-order chi connectivity index (χ1) is 13.8. The summed E-state index contributed by atoms with van der Waals surface area (Å²) in [5.74, 6) is -0.0501. The molecule has 0 amide bonds. The fourth-order valence-corrected chi connectivity index (χ4v) is 3.05. The zero-order valence-electron chi connectivity index (χ0n) is 16.2. The SMILES string of the molecule is COC(=O)Cc1c(C)c2c(OCc3ccc([N+](=O)[O-])cc3)cc(C)cc2oc1=O. The highest BCUT2D eigenvalue weighted by atomic mass is 16.6. The Balaban J connectivity index is 2.00. The number of carbonyl (C=O) groups is 1. The zero-order chi connectivity index (χ0) is 21.1. The standard InChI is InChI=1S/C21H19NO7/c1-12-8-17(28-11-14-4-6-15(7-5-14)22(25)26)20-13(2)16(10-19(23)27-3)21(24)29-18(20)9-12/h4-9H,10-11H2,1-3H3. The van der Waals surface area contributed by atoms with E-state index in [-0.39, 0.29) is 24.3 Å². The summed E-state index contributed by atoms with van der Waals surface area (Å²) in [6.07, 6.45) is -0.198. The summed E-state index contributed by atoms with van der Waals surface area (Å²) in [6.45, 7) is 3.74. The first-order valence-electron chi connectivity index (χ1n) is 8.80. The molecule has 0 atom stereocenters. The van der Waals surface area contributed by atoms with Crippen molar-refractivity contribution in [1.82, 2.24) is 0 Å². The molecule has 8 heteroatoms. The van der Waals surface area contributed by atoms with E-state index in [9.17, 15) is 19.7 Å². The van der Waals surface area contributed by atoms with E-state index in [0.29, 0.717) is 22.3 Å². The Bertz CT molecular complexity index is 1150. The van der Waals surface area contributed by atoms with Gasteiger partial charge in [-0.25, -0.2) is 4.79 Å². The van der Waals surface area contributed by atoms with Gasteiger partial charge in [-0.15, -0.1) is 0 Å². The average Bonchev–Trinajstić information content (AvgIpc) is 2.68. The summed E-state index contributed by atoms with van der Waals surface area (Å²) < 4.78 is 16.0. The summed E-state index contributed by atoms with van der Waals surface area (Å²) in [7, 11) is 1.25. The van der Waals surface area contributed by atoms with Gasteiger partial charge in [-0.05, 0) is 54.8 Å². The molecule has 0 unspecified atom stereocenters. The number of non-ortho nitro benzene ring substituents is 1. The summed E-state index contributed by atoms with van der Waals surface area (Å²) >= 11 is 0. The lowest BCUT2D eigenvalue weighted by Gasteiger charge is -2.14. The molecule has 0 saturated carbocycles. The molecule has 0 saturated heterocycles. The number of carbonyl (C=O) groups excluding carboxylic acids is 1. The summed E-state index contributed by atoms with van der Waals surface area (Å²) in [5, 5.41) is 11.4. The zero-order valence-corrected chi connectivity index (χ0v) is 16.2. The lowest BCUT2D eigenvalue weighted by atomic mass is 10.0. The Labute approximate surface area is 165 Å². The van der Waals surface area contributed by atoms with E-state index in [4.69, 9.17) is 9.15 Å². The van der Waals surface area contributed by atoms with Crippen LogP contribution in [0.25, 0.3) is 11.0 Å². The van der Waals surface area contributed by atoms with Crippen LogP contribution in [0.2, 0.25) is 0 Å². The number of ether oxygens (including phenoxy) is 2. The fraction of sp³-hybridized carbons (Fsp3) is 0.238. The van der Waals surface area contributed by atoms with Crippen molar-refractivity contribution in [3.05, 3.63) is 79.2 Å². The third kappa shape index (κ3) is 4.26. The monoisotopic (exact) mass is 397 g/mol. The van der Waals surface area contributed by atoms with Gasteiger partial charge in [0, 0.05) is 12.1 Å². The molecule has 150 valence electrons. The van der Waals surface area contributed by atoms with Crippen LogP contribution < -0.4 is 10.4 Å². The molecule has 3 rings (SSSR count). The van der Waals surface area contributed by atoms with Gasteiger partial charge in [-0.2, -0.15) is 0 Å². The number of nitro benzene ring substituents is 1. The largest absolute Gasteiger partial charge is 0.488 e. The van der Waals surface area contributed by atoms with Gasteiger partial charge < -0.3 is 13.9 Å². The number of esters is 1. The van der Waals surface area contributed by atoms with Crippen LogP contribution in [0.4, 0.5) is 5.69 Å². The maximum absolute atomic E-state index is 12.3. The molecule has 1 heterocycles. The Morgan fingerprint density at radius 1 is 1.17 bits per heavy atom. The van der Waals surface area contributed by atoms with Crippen molar-refractivity contribution >= 4 is 22.6 Å². The normalized spacial score (nSPS) is 10.7. The topological polar surface area (TPSA) is 109 Å². The van der Waals surface area contributed by atoms with Gasteiger partial charge in [0.15, 0.2) is 0 Å². The molecular formula is C21H19NO7. The molecule has 0 aliphatic heterocycles. The third-order valence-corrected chi connectivity index (χ3v) is 4.58. The smallest absolute Gasteiger partial charge is 0.340 e. The predicted octanol–water partition coefficient (Wildman–Crippen LogP) is 3.61.